The first-order valence-electron chi connectivity index (χ1n) is 8.76. The van der Waals surface area contributed by atoms with E-state index in [2.05, 4.69) is 5.32 Å². The maximum absolute atomic E-state index is 11.9. The van der Waals surface area contributed by atoms with Gasteiger partial charge in [0.15, 0.2) is 0 Å². The second-order valence-electron chi connectivity index (χ2n) is 8.62. The molecule has 1 aromatic carbocycles. The second-order valence-corrected chi connectivity index (χ2v) is 8.62. The van der Waals surface area contributed by atoms with Crippen LogP contribution in [0.25, 0.3) is 0 Å². The zero-order valence-electron chi connectivity index (χ0n) is 16.6. The lowest BCUT2D eigenvalue weighted by Crippen LogP contribution is -2.41. The van der Waals surface area contributed by atoms with Crippen LogP contribution in [0.15, 0.2) is 24.3 Å². The third-order valence-corrected chi connectivity index (χ3v) is 4.70. The molecular weight excluding hydrogens is 317 g/mol. The fourth-order valence-electron chi connectivity index (χ4n) is 2.49. The van der Waals surface area contributed by atoms with Gasteiger partial charge in [-0.1, -0.05) is 24.3 Å². The number of hydrogen-bond acceptors (Lipinski definition) is 4. The Morgan fingerprint density at radius 3 is 2.00 bits per heavy atom. The van der Waals surface area contributed by atoms with Crippen LogP contribution in [-0.2, 0) is 14.0 Å². The highest BCUT2D eigenvalue weighted by Gasteiger charge is 2.51. The summed E-state index contributed by atoms with van der Waals surface area (Å²) in [6.45, 7) is 15.6. The summed E-state index contributed by atoms with van der Waals surface area (Å²) in [7, 11) is -0.381. The minimum Gasteiger partial charge on any atom is -0.444 e. The quantitative estimate of drug-likeness (QED) is 0.850. The van der Waals surface area contributed by atoms with E-state index in [1.807, 2.05) is 79.7 Å². The molecule has 0 aromatic heterocycles. The Balaban J connectivity index is 2.02. The van der Waals surface area contributed by atoms with Crippen LogP contribution in [0.1, 0.15) is 67.0 Å². The summed E-state index contributed by atoms with van der Waals surface area (Å²) in [5, 5.41) is 2.84. The standard InChI is InChI=1S/C19H30BNO4/c1-13(21-16(22)23-17(2,3)4)14-9-11-15(12-10-14)20-24-18(5,6)19(7,8)25-20/h9-13H,1-8H3,(H,21,22). The number of hydrogen-bond donors (Lipinski definition) is 1. The predicted molar refractivity (Wildman–Crippen MR) is 99.9 cm³/mol. The van der Waals surface area contributed by atoms with Crippen molar-refractivity contribution in [2.45, 2.75) is 78.2 Å². The lowest BCUT2D eigenvalue weighted by atomic mass is 9.78. The lowest BCUT2D eigenvalue weighted by molar-refractivity contribution is 0.00578. The normalized spacial score (nSPS) is 20.2. The molecule has 1 aliphatic heterocycles. The number of carbonyl (C=O) groups excluding carboxylic acids is 1. The van der Waals surface area contributed by atoms with Crippen LogP contribution in [0.2, 0.25) is 0 Å². The third-order valence-electron chi connectivity index (χ3n) is 4.70. The zero-order valence-corrected chi connectivity index (χ0v) is 16.6. The molecule has 5 nitrogen and oxygen atoms in total. The molecule has 0 radical (unpaired) electrons. The maximum atomic E-state index is 11.9. The molecule has 138 valence electrons. The average Bonchev–Trinajstić information content (AvgIpc) is 2.65. The molecule has 1 atom stereocenters. The van der Waals surface area contributed by atoms with E-state index in [1.54, 1.807) is 0 Å². The van der Waals surface area contributed by atoms with Gasteiger partial charge in [0.25, 0.3) is 0 Å². The van der Waals surface area contributed by atoms with Crippen molar-refractivity contribution in [2.24, 2.45) is 0 Å². The Bertz CT molecular complexity index is 603. The topological polar surface area (TPSA) is 56.8 Å². The molecule has 0 saturated carbocycles. The minimum atomic E-state index is -0.510. The molecule has 6 heteroatoms. The lowest BCUT2D eigenvalue weighted by Gasteiger charge is -2.32. The summed E-state index contributed by atoms with van der Waals surface area (Å²) in [4.78, 5) is 11.9. The summed E-state index contributed by atoms with van der Waals surface area (Å²) in [6, 6.07) is 7.75. The zero-order chi connectivity index (χ0) is 19.0. The largest absolute Gasteiger partial charge is 0.494 e. The van der Waals surface area contributed by atoms with Crippen molar-refractivity contribution in [1.82, 2.24) is 5.32 Å². The van der Waals surface area contributed by atoms with Crippen molar-refractivity contribution in [1.29, 1.82) is 0 Å². The average molecular weight is 347 g/mol. The summed E-state index contributed by atoms with van der Waals surface area (Å²) in [6.07, 6.45) is -0.421. The minimum absolute atomic E-state index is 0.151. The van der Waals surface area contributed by atoms with Crippen LogP contribution in [0.5, 0.6) is 0 Å². The molecule has 25 heavy (non-hydrogen) atoms. The van der Waals surface area contributed by atoms with Gasteiger partial charge in [-0.2, -0.15) is 0 Å². The molecule has 2 rings (SSSR count). The van der Waals surface area contributed by atoms with Crippen LogP contribution in [0, 0.1) is 0 Å². The molecule has 1 N–H and O–H groups in total. The van der Waals surface area contributed by atoms with Gasteiger partial charge in [-0.3, -0.25) is 0 Å². The van der Waals surface area contributed by atoms with Crippen molar-refractivity contribution in [3.05, 3.63) is 29.8 Å². The van der Waals surface area contributed by atoms with Crippen LogP contribution < -0.4 is 10.8 Å². The van der Waals surface area contributed by atoms with E-state index in [4.69, 9.17) is 14.0 Å². The molecule has 1 aliphatic rings. The van der Waals surface area contributed by atoms with Gasteiger partial charge in [0.05, 0.1) is 17.2 Å². The van der Waals surface area contributed by atoms with E-state index in [9.17, 15) is 4.79 Å². The monoisotopic (exact) mass is 347 g/mol. The van der Waals surface area contributed by atoms with Gasteiger partial charge in [-0.25, -0.2) is 4.79 Å². The number of benzene rings is 1. The number of rotatable bonds is 3. The molecule has 0 bridgehead atoms. The predicted octanol–water partition coefficient (Wildman–Crippen LogP) is 3.57. The molecular formula is C19H30BNO4. The van der Waals surface area contributed by atoms with E-state index in [0.717, 1.165) is 11.0 Å². The van der Waals surface area contributed by atoms with Crippen molar-refractivity contribution in [2.75, 3.05) is 0 Å². The number of amides is 1. The summed E-state index contributed by atoms with van der Waals surface area (Å²) < 4.78 is 17.4. The van der Waals surface area contributed by atoms with E-state index >= 15 is 0 Å². The smallest absolute Gasteiger partial charge is 0.444 e. The number of ether oxygens (including phenoxy) is 1. The molecule has 0 aliphatic carbocycles. The first kappa shape index (κ1) is 19.8. The van der Waals surface area contributed by atoms with Gasteiger partial charge in [0.1, 0.15) is 5.60 Å². The Morgan fingerprint density at radius 1 is 1.08 bits per heavy atom. The molecule has 1 amide bonds. The highest BCUT2D eigenvalue weighted by molar-refractivity contribution is 6.62. The van der Waals surface area contributed by atoms with E-state index < -0.39 is 11.7 Å². The highest BCUT2D eigenvalue weighted by Crippen LogP contribution is 2.36. The molecule has 1 aromatic rings. The van der Waals surface area contributed by atoms with E-state index in [0.29, 0.717) is 0 Å². The Labute approximate surface area is 151 Å². The number of nitrogens with one attached hydrogen (secondary N) is 1. The van der Waals surface area contributed by atoms with Gasteiger partial charge in [-0.15, -0.1) is 0 Å². The van der Waals surface area contributed by atoms with Crippen molar-refractivity contribution in [3.63, 3.8) is 0 Å². The molecule has 1 heterocycles. The Hall–Kier alpha value is -1.53. The van der Waals surface area contributed by atoms with Gasteiger partial charge >= 0.3 is 13.2 Å². The van der Waals surface area contributed by atoms with E-state index in [-0.39, 0.29) is 24.4 Å². The van der Waals surface area contributed by atoms with Crippen LogP contribution in [-0.4, -0.2) is 30.0 Å². The van der Waals surface area contributed by atoms with Crippen LogP contribution in [0.4, 0.5) is 4.79 Å². The Kier molecular flexibility index (Phi) is 5.27. The van der Waals surface area contributed by atoms with Gasteiger partial charge in [-0.05, 0) is 66.4 Å². The number of alkyl carbamates (subject to hydrolysis) is 1. The van der Waals surface area contributed by atoms with Crippen LogP contribution >= 0.6 is 0 Å². The van der Waals surface area contributed by atoms with Crippen molar-refractivity contribution >= 4 is 18.7 Å². The van der Waals surface area contributed by atoms with Gasteiger partial charge < -0.3 is 19.4 Å². The van der Waals surface area contributed by atoms with Gasteiger partial charge in [0.2, 0.25) is 0 Å². The van der Waals surface area contributed by atoms with Crippen molar-refractivity contribution < 1.29 is 18.8 Å². The maximum Gasteiger partial charge on any atom is 0.494 e. The molecule has 0 spiro atoms. The first-order valence-corrected chi connectivity index (χ1v) is 8.76. The first-order chi connectivity index (χ1) is 11.3. The Morgan fingerprint density at radius 2 is 1.56 bits per heavy atom. The highest BCUT2D eigenvalue weighted by atomic mass is 16.7. The number of carbonyl (C=O) groups is 1. The van der Waals surface area contributed by atoms with Gasteiger partial charge in [0, 0.05) is 0 Å². The van der Waals surface area contributed by atoms with Crippen molar-refractivity contribution in [3.8, 4) is 0 Å². The molecule has 1 fully saturated rings. The molecule has 1 saturated heterocycles. The fraction of sp³-hybridized carbons (Fsp3) is 0.632. The molecule has 1 unspecified atom stereocenters. The summed E-state index contributed by atoms with van der Waals surface area (Å²) in [5.74, 6) is 0. The summed E-state index contributed by atoms with van der Waals surface area (Å²) >= 11 is 0. The second kappa shape index (κ2) is 6.65. The van der Waals surface area contributed by atoms with E-state index in [1.165, 1.54) is 0 Å². The fourth-order valence-corrected chi connectivity index (χ4v) is 2.49. The van der Waals surface area contributed by atoms with Crippen LogP contribution in [0.3, 0.4) is 0 Å². The summed E-state index contributed by atoms with van der Waals surface area (Å²) in [5.41, 5.74) is 0.729. The SMILES string of the molecule is CC(NC(=O)OC(C)(C)C)c1ccc(B2OC(C)(C)C(C)(C)O2)cc1. The third kappa shape index (κ3) is 4.76.